The molecule has 0 bridgehead atoms. The Morgan fingerprint density at radius 2 is 2.04 bits per heavy atom. The zero-order valence-corrected chi connectivity index (χ0v) is 16.4. The molecule has 0 aliphatic carbocycles. The summed E-state index contributed by atoms with van der Waals surface area (Å²) in [5, 5.41) is 7.63. The summed E-state index contributed by atoms with van der Waals surface area (Å²) in [6.07, 6.45) is 0.160. The smallest absolute Gasteiger partial charge is 0.252 e. The summed E-state index contributed by atoms with van der Waals surface area (Å²) in [6.45, 7) is 4.28. The van der Waals surface area contributed by atoms with Crippen LogP contribution in [-0.4, -0.2) is 18.4 Å². The average molecular weight is 427 g/mol. The van der Waals surface area contributed by atoms with Gasteiger partial charge in [-0.25, -0.2) is 4.39 Å². The van der Waals surface area contributed by atoms with Crippen molar-refractivity contribution in [2.24, 2.45) is 5.92 Å². The van der Waals surface area contributed by atoms with Gasteiger partial charge in [0.25, 0.3) is 5.91 Å². The van der Waals surface area contributed by atoms with Gasteiger partial charge in [-0.05, 0) is 51.5 Å². The zero-order valence-electron chi connectivity index (χ0n) is 14.0. The van der Waals surface area contributed by atoms with Crippen molar-refractivity contribution in [1.29, 1.82) is 0 Å². The van der Waals surface area contributed by atoms with Gasteiger partial charge in [-0.2, -0.15) is 0 Å². The predicted octanol–water partition coefficient (Wildman–Crippen LogP) is 4.28. The second-order valence-corrected chi connectivity index (χ2v) is 7.77. The van der Waals surface area contributed by atoms with Gasteiger partial charge in [-0.15, -0.1) is 11.3 Å². The molecule has 1 aromatic heterocycles. The van der Waals surface area contributed by atoms with Gasteiger partial charge in [0, 0.05) is 22.3 Å². The fraction of sp³-hybridized carbons (Fsp3) is 0.333. The van der Waals surface area contributed by atoms with E-state index in [4.69, 9.17) is 0 Å². The van der Waals surface area contributed by atoms with E-state index in [0.29, 0.717) is 4.47 Å². The van der Waals surface area contributed by atoms with E-state index in [1.807, 2.05) is 31.4 Å². The van der Waals surface area contributed by atoms with Crippen LogP contribution in [0.5, 0.6) is 0 Å². The number of rotatable bonds is 7. The van der Waals surface area contributed by atoms with Crippen LogP contribution in [0.2, 0.25) is 0 Å². The second kappa shape index (κ2) is 9.10. The molecule has 2 aromatic rings. The van der Waals surface area contributed by atoms with Gasteiger partial charge in [0.1, 0.15) is 5.82 Å². The highest BCUT2D eigenvalue weighted by molar-refractivity contribution is 9.10. The van der Waals surface area contributed by atoms with Gasteiger partial charge in [0.2, 0.25) is 5.91 Å². The summed E-state index contributed by atoms with van der Waals surface area (Å²) < 4.78 is 13.8. The van der Waals surface area contributed by atoms with Gasteiger partial charge in [-0.3, -0.25) is 9.59 Å². The van der Waals surface area contributed by atoms with Crippen LogP contribution in [0, 0.1) is 11.7 Å². The molecule has 7 heteroatoms. The molecular weight excluding hydrogens is 407 g/mol. The van der Waals surface area contributed by atoms with E-state index in [0.717, 1.165) is 10.9 Å². The van der Waals surface area contributed by atoms with Crippen molar-refractivity contribution in [3.05, 3.63) is 56.4 Å². The largest absolute Gasteiger partial charge is 0.351 e. The molecule has 1 aromatic carbocycles. The fourth-order valence-corrected chi connectivity index (χ4v) is 3.71. The van der Waals surface area contributed by atoms with Gasteiger partial charge in [-0.1, -0.05) is 19.9 Å². The number of carbonyl (C=O) groups is 2. The molecule has 25 heavy (non-hydrogen) atoms. The summed E-state index contributed by atoms with van der Waals surface area (Å²) in [6, 6.07) is 7.82. The molecule has 0 aliphatic heterocycles. The van der Waals surface area contributed by atoms with Crippen molar-refractivity contribution in [3.8, 4) is 0 Å². The third kappa shape index (κ3) is 5.64. The SMILES string of the molecule is CC(C)C(NC(=O)CCNC(=O)c1cc(F)ccc1Br)c1cccs1. The Morgan fingerprint density at radius 1 is 1.28 bits per heavy atom. The number of carbonyl (C=O) groups excluding carboxylic acids is 2. The van der Waals surface area contributed by atoms with Crippen LogP contribution in [0.15, 0.2) is 40.2 Å². The first kappa shape index (κ1) is 19.6. The fourth-order valence-electron chi connectivity index (χ4n) is 2.34. The monoisotopic (exact) mass is 426 g/mol. The summed E-state index contributed by atoms with van der Waals surface area (Å²) in [4.78, 5) is 25.4. The number of benzene rings is 1. The highest BCUT2D eigenvalue weighted by atomic mass is 79.9. The van der Waals surface area contributed by atoms with Crippen molar-refractivity contribution < 1.29 is 14.0 Å². The van der Waals surface area contributed by atoms with Crippen LogP contribution in [-0.2, 0) is 4.79 Å². The van der Waals surface area contributed by atoms with Crippen LogP contribution in [0.4, 0.5) is 4.39 Å². The van der Waals surface area contributed by atoms with Gasteiger partial charge >= 0.3 is 0 Å². The molecule has 0 saturated heterocycles. The Hall–Kier alpha value is -1.73. The topological polar surface area (TPSA) is 58.2 Å². The maximum absolute atomic E-state index is 13.2. The third-order valence-electron chi connectivity index (χ3n) is 3.64. The first-order valence-corrected chi connectivity index (χ1v) is 9.61. The molecule has 0 aliphatic rings. The van der Waals surface area contributed by atoms with Gasteiger partial charge < -0.3 is 10.6 Å². The Balaban J connectivity index is 1.85. The molecule has 134 valence electrons. The van der Waals surface area contributed by atoms with E-state index in [9.17, 15) is 14.0 Å². The molecule has 0 saturated carbocycles. The lowest BCUT2D eigenvalue weighted by atomic mass is 10.0. The maximum Gasteiger partial charge on any atom is 0.252 e. The number of amides is 2. The Morgan fingerprint density at radius 3 is 2.68 bits per heavy atom. The predicted molar refractivity (Wildman–Crippen MR) is 101 cm³/mol. The summed E-state index contributed by atoms with van der Waals surface area (Å²) >= 11 is 4.82. The quantitative estimate of drug-likeness (QED) is 0.693. The molecule has 1 heterocycles. The van der Waals surface area contributed by atoms with Crippen LogP contribution >= 0.6 is 27.3 Å². The van der Waals surface area contributed by atoms with Gasteiger partial charge in [0.15, 0.2) is 0 Å². The molecule has 0 spiro atoms. The van der Waals surface area contributed by atoms with E-state index in [-0.39, 0.29) is 36.4 Å². The summed E-state index contributed by atoms with van der Waals surface area (Å²) in [7, 11) is 0. The molecule has 1 atom stereocenters. The standard InChI is InChI=1S/C18H20BrFN2O2S/c1-11(2)17(15-4-3-9-25-15)22-16(23)7-8-21-18(24)13-10-12(20)5-6-14(13)19/h3-6,9-11,17H,7-8H2,1-2H3,(H,21,24)(H,22,23). The molecule has 1 unspecified atom stereocenters. The van der Waals surface area contributed by atoms with Crippen LogP contribution in [0.25, 0.3) is 0 Å². The minimum atomic E-state index is -0.484. The number of thiophene rings is 1. The van der Waals surface area contributed by atoms with E-state index in [2.05, 4.69) is 26.6 Å². The number of halogens is 2. The zero-order chi connectivity index (χ0) is 18.4. The van der Waals surface area contributed by atoms with Crippen molar-refractivity contribution in [2.75, 3.05) is 6.54 Å². The normalized spacial score (nSPS) is 12.0. The van der Waals surface area contributed by atoms with Crippen LogP contribution in [0.3, 0.4) is 0 Å². The number of hydrogen-bond donors (Lipinski definition) is 2. The first-order chi connectivity index (χ1) is 11.9. The van der Waals surface area contributed by atoms with Crippen molar-refractivity contribution >= 4 is 39.1 Å². The first-order valence-electron chi connectivity index (χ1n) is 7.94. The lowest BCUT2D eigenvalue weighted by molar-refractivity contribution is -0.122. The van der Waals surface area contributed by atoms with E-state index < -0.39 is 11.7 Å². The maximum atomic E-state index is 13.2. The summed E-state index contributed by atoms with van der Waals surface area (Å²) in [5.41, 5.74) is 0.207. The lowest BCUT2D eigenvalue weighted by Gasteiger charge is -2.21. The minimum Gasteiger partial charge on any atom is -0.351 e. The molecule has 2 rings (SSSR count). The molecule has 4 nitrogen and oxygen atoms in total. The Bertz CT molecular complexity index is 735. The average Bonchev–Trinajstić information content (AvgIpc) is 3.08. The lowest BCUT2D eigenvalue weighted by Crippen LogP contribution is -2.34. The van der Waals surface area contributed by atoms with E-state index in [1.165, 1.54) is 12.1 Å². The number of nitrogens with one attached hydrogen (secondary N) is 2. The van der Waals surface area contributed by atoms with Crippen LogP contribution in [0.1, 0.15) is 41.5 Å². The van der Waals surface area contributed by atoms with E-state index >= 15 is 0 Å². The molecule has 2 amide bonds. The second-order valence-electron chi connectivity index (χ2n) is 5.93. The summed E-state index contributed by atoms with van der Waals surface area (Å²) in [5.74, 6) is -0.772. The number of hydrogen-bond acceptors (Lipinski definition) is 3. The van der Waals surface area contributed by atoms with Crippen molar-refractivity contribution in [2.45, 2.75) is 26.3 Å². The van der Waals surface area contributed by atoms with Crippen molar-refractivity contribution in [1.82, 2.24) is 10.6 Å². The van der Waals surface area contributed by atoms with Crippen molar-refractivity contribution in [3.63, 3.8) is 0 Å². The molecule has 2 N–H and O–H groups in total. The Labute approximate surface area is 159 Å². The Kier molecular flexibility index (Phi) is 7.13. The molecule has 0 radical (unpaired) electrons. The molecular formula is C18H20BrFN2O2S. The molecule has 0 fully saturated rings. The minimum absolute atomic E-state index is 0.0411. The third-order valence-corrected chi connectivity index (χ3v) is 5.29. The van der Waals surface area contributed by atoms with Crippen LogP contribution < -0.4 is 10.6 Å². The van der Waals surface area contributed by atoms with E-state index in [1.54, 1.807) is 11.3 Å². The van der Waals surface area contributed by atoms with Gasteiger partial charge in [0.05, 0.1) is 11.6 Å². The highest BCUT2D eigenvalue weighted by Gasteiger charge is 2.19. The highest BCUT2D eigenvalue weighted by Crippen LogP contribution is 2.25.